The maximum Gasteiger partial charge on any atom is 0.122 e. The Morgan fingerprint density at radius 3 is 3.06 bits per heavy atom. The fraction of sp³-hybridized carbons (Fsp3) is 0.462. The SMILES string of the molecule is N=C(N)c1cccc(CN2CCCC2CO)c1. The summed E-state index contributed by atoms with van der Waals surface area (Å²) in [5.74, 6) is 0.104. The van der Waals surface area contributed by atoms with Gasteiger partial charge in [-0.05, 0) is 31.0 Å². The Morgan fingerprint density at radius 2 is 2.35 bits per heavy atom. The monoisotopic (exact) mass is 233 g/mol. The number of hydrogen-bond acceptors (Lipinski definition) is 3. The van der Waals surface area contributed by atoms with Crippen molar-refractivity contribution >= 4 is 5.84 Å². The summed E-state index contributed by atoms with van der Waals surface area (Å²) in [5, 5.41) is 16.7. The van der Waals surface area contributed by atoms with Crippen molar-refractivity contribution in [1.82, 2.24) is 4.90 Å². The van der Waals surface area contributed by atoms with Gasteiger partial charge in [-0.2, -0.15) is 0 Å². The third kappa shape index (κ3) is 2.84. The van der Waals surface area contributed by atoms with Crippen molar-refractivity contribution in [1.29, 1.82) is 5.41 Å². The summed E-state index contributed by atoms with van der Waals surface area (Å²) in [6.45, 7) is 2.09. The van der Waals surface area contributed by atoms with Gasteiger partial charge in [-0.1, -0.05) is 18.2 Å². The summed E-state index contributed by atoms with van der Waals surface area (Å²) in [6.07, 6.45) is 2.22. The zero-order valence-electron chi connectivity index (χ0n) is 9.89. The summed E-state index contributed by atoms with van der Waals surface area (Å²) in [4.78, 5) is 2.29. The molecule has 1 aliphatic rings. The van der Waals surface area contributed by atoms with E-state index in [2.05, 4.69) is 4.90 Å². The highest BCUT2D eigenvalue weighted by Crippen LogP contribution is 2.19. The molecular formula is C13H19N3O. The number of nitrogens with one attached hydrogen (secondary N) is 1. The molecule has 1 heterocycles. The largest absolute Gasteiger partial charge is 0.395 e. The summed E-state index contributed by atoms with van der Waals surface area (Å²) in [7, 11) is 0. The highest BCUT2D eigenvalue weighted by molar-refractivity contribution is 5.95. The number of nitrogens with zero attached hydrogens (tertiary/aromatic N) is 1. The fourth-order valence-corrected chi connectivity index (χ4v) is 2.38. The quantitative estimate of drug-likeness (QED) is 0.535. The van der Waals surface area contributed by atoms with Crippen LogP contribution in [-0.4, -0.2) is 35.0 Å². The van der Waals surface area contributed by atoms with Crippen LogP contribution >= 0.6 is 0 Å². The topological polar surface area (TPSA) is 73.3 Å². The lowest BCUT2D eigenvalue weighted by molar-refractivity contribution is 0.153. The number of benzene rings is 1. The molecule has 1 aromatic carbocycles. The van der Waals surface area contributed by atoms with Crippen LogP contribution in [0.15, 0.2) is 24.3 Å². The average molecular weight is 233 g/mol. The van der Waals surface area contributed by atoms with Crippen LogP contribution in [0.2, 0.25) is 0 Å². The number of aliphatic hydroxyl groups excluding tert-OH is 1. The van der Waals surface area contributed by atoms with Crippen molar-refractivity contribution in [2.45, 2.75) is 25.4 Å². The summed E-state index contributed by atoms with van der Waals surface area (Å²) >= 11 is 0. The highest BCUT2D eigenvalue weighted by atomic mass is 16.3. The van der Waals surface area contributed by atoms with Gasteiger partial charge in [-0.25, -0.2) is 0 Å². The Morgan fingerprint density at radius 1 is 1.53 bits per heavy atom. The van der Waals surface area contributed by atoms with Crippen LogP contribution in [0.5, 0.6) is 0 Å². The second kappa shape index (κ2) is 5.29. The van der Waals surface area contributed by atoms with Crippen LogP contribution in [-0.2, 0) is 6.54 Å². The van der Waals surface area contributed by atoms with E-state index in [-0.39, 0.29) is 18.5 Å². The number of nitrogen functional groups attached to an aromatic ring is 1. The van der Waals surface area contributed by atoms with Crippen molar-refractivity contribution in [3.05, 3.63) is 35.4 Å². The maximum absolute atomic E-state index is 9.26. The summed E-state index contributed by atoms with van der Waals surface area (Å²) in [6, 6.07) is 8.06. The van der Waals surface area contributed by atoms with E-state index in [9.17, 15) is 5.11 Å². The van der Waals surface area contributed by atoms with Gasteiger partial charge >= 0.3 is 0 Å². The smallest absolute Gasteiger partial charge is 0.122 e. The van der Waals surface area contributed by atoms with E-state index in [0.29, 0.717) is 0 Å². The molecule has 0 bridgehead atoms. The lowest BCUT2D eigenvalue weighted by Crippen LogP contribution is -2.31. The molecule has 0 aromatic heterocycles. The molecule has 92 valence electrons. The van der Waals surface area contributed by atoms with E-state index in [4.69, 9.17) is 11.1 Å². The first-order valence-corrected chi connectivity index (χ1v) is 5.99. The van der Waals surface area contributed by atoms with E-state index in [1.54, 1.807) is 0 Å². The van der Waals surface area contributed by atoms with Crippen LogP contribution in [0.3, 0.4) is 0 Å². The Bertz CT molecular complexity index is 405. The molecule has 4 heteroatoms. The van der Waals surface area contributed by atoms with Crippen LogP contribution in [0.4, 0.5) is 0 Å². The van der Waals surface area contributed by atoms with Gasteiger partial charge in [-0.15, -0.1) is 0 Å². The van der Waals surface area contributed by atoms with E-state index in [1.165, 1.54) is 0 Å². The van der Waals surface area contributed by atoms with Gasteiger partial charge in [0, 0.05) is 18.2 Å². The second-order valence-electron chi connectivity index (χ2n) is 4.56. The van der Waals surface area contributed by atoms with Crippen LogP contribution in [0.25, 0.3) is 0 Å². The van der Waals surface area contributed by atoms with Crippen LogP contribution < -0.4 is 5.73 Å². The van der Waals surface area contributed by atoms with Gasteiger partial charge in [0.1, 0.15) is 5.84 Å². The number of rotatable bonds is 4. The zero-order chi connectivity index (χ0) is 12.3. The molecule has 0 amide bonds. The maximum atomic E-state index is 9.26. The lowest BCUT2D eigenvalue weighted by atomic mass is 10.1. The molecule has 1 saturated heterocycles. The van der Waals surface area contributed by atoms with Crippen LogP contribution in [0, 0.1) is 5.41 Å². The van der Waals surface area contributed by atoms with Crippen LogP contribution in [0.1, 0.15) is 24.0 Å². The van der Waals surface area contributed by atoms with Gasteiger partial charge in [0.2, 0.25) is 0 Å². The van der Waals surface area contributed by atoms with Gasteiger partial charge < -0.3 is 10.8 Å². The molecule has 1 fully saturated rings. The molecule has 17 heavy (non-hydrogen) atoms. The first-order valence-electron chi connectivity index (χ1n) is 5.99. The highest BCUT2D eigenvalue weighted by Gasteiger charge is 2.23. The number of hydrogen-bond donors (Lipinski definition) is 3. The average Bonchev–Trinajstić information content (AvgIpc) is 2.76. The third-order valence-electron chi connectivity index (χ3n) is 3.33. The molecule has 1 aliphatic heterocycles. The molecule has 0 saturated carbocycles. The normalized spacial score (nSPS) is 20.6. The predicted molar refractivity (Wildman–Crippen MR) is 68.0 cm³/mol. The molecule has 1 unspecified atom stereocenters. The second-order valence-corrected chi connectivity index (χ2v) is 4.56. The van der Waals surface area contributed by atoms with Gasteiger partial charge in [0.25, 0.3) is 0 Å². The van der Waals surface area contributed by atoms with Gasteiger partial charge in [0.15, 0.2) is 0 Å². The van der Waals surface area contributed by atoms with E-state index >= 15 is 0 Å². The Labute approximate surface area is 102 Å². The Kier molecular flexibility index (Phi) is 3.76. The number of amidine groups is 1. The van der Waals surface area contributed by atoms with E-state index in [1.807, 2.05) is 24.3 Å². The van der Waals surface area contributed by atoms with Crippen molar-refractivity contribution in [3.63, 3.8) is 0 Å². The predicted octanol–water partition coefficient (Wildman–Crippen LogP) is 0.927. The molecule has 0 aliphatic carbocycles. The number of likely N-dealkylation sites (tertiary alicyclic amines) is 1. The fourth-order valence-electron chi connectivity index (χ4n) is 2.38. The van der Waals surface area contributed by atoms with E-state index < -0.39 is 0 Å². The van der Waals surface area contributed by atoms with Crippen molar-refractivity contribution < 1.29 is 5.11 Å². The van der Waals surface area contributed by atoms with E-state index in [0.717, 1.165) is 37.1 Å². The number of aliphatic hydroxyl groups is 1. The number of nitrogens with two attached hydrogens (primary N) is 1. The zero-order valence-corrected chi connectivity index (χ0v) is 9.89. The molecule has 0 radical (unpaired) electrons. The minimum atomic E-state index is 0.104. The first kappa shape index (κ1) is 12.1. The molecule has 4 nitrogen and oxygen atoms in total. The van der Waals surface area contributed by atoms with Crippen molar-refractivity contribution in [2.24, 2.45) is 5.73 Å². The van der Waals surface area contributed by atoms with Gasteiger partial charge in [-0.3, -0.25) is 10.3 Å². The summed E-state index contributed by atoms with van der Waals surface area (Å²) < 4.78 is 0. The molecule has 4 N–H and O–H groups in total. The standard InChI is InChI=1S/C13H19N3O/c14-13(15)11-4-1-3-10(7-11)8-16-6-2-5-12(16)9-17/h1,3-4,7,12,17H,2,5-6,8-9H2,(H3,14,15). The molecule has 2 rings (SSSR count). The minimum Gasteiger partial charge on any atom is -0.395 e. The molecular weight excluding hydrogens is 214 g/mol. The summed E-state index contributed by atoms with van der Waals surface area (Å²) in [5.41, 5.74) is 7.39. The molecule has 1 aromatic rings. The molecule has 1 atom stereocenters. The first-order chi connectivity index (χ1) is 8.20. The molecule has 0 spiro atoms. The Hall–Kier alpha value is -1.39. The Balaban J connectivity index is 2.07. The van der Waals surface area contributed by atoms with Crippen molar-refractivity contribution in [3.8, 4) is 0 Å². The minimum absolute atomic E-state index is 0.104. The lowest BCUT2D eigenvalue weighted by Gasteiger charge is -2.22. The van der Waals surface area contributed by atoms with Crippen molar-refractivity contribution in [2.75, 3.05) is 13.2 Å². The third-order valence-corrected chi connectivity index (χ3v) is 3.33. The van der Waals surface area contributed by atoms with Gasteiger partial charge in [0.05, 0.1) is 6.61 Å².